The van der Waals surface area contributed by atoms with E-state index in [0.717, 1.165) is 13.0 Å². The van der Waals surface area contributed by atoms with Crippen LogP contribution < -0.4 is 0 Å². The second-order valence-corrected chi connectivity index (χ2v) is 2.87. The topological polar surface area (TPSA) is 43.9 Å². The van der Waals surface area contributed by atoms with E-state index in [4.69, 9.17) is 0 Å². The van der Waals surface area contributed by atoms with E-state index < -0.39 is 0 Å². The summed E-state index contributed by atoms with van der Waals surface area (Å²) in [6.45, 7) is 3.04. The Kier molecular flexibility index (Phi) is 4.67. The Balaban J connectivity index is 0.000000720. The Labute approximate surface area is 84.4 Å². The van der Waals surface area contributed by atoms with Gasteiger partial charge in [0.25, 0.3) is 0 Å². The molecule has 0 radical (unpaired) electrons. The summed E-state index contributed by atoms with van der Waals surface area (Å²) in [5.74, 6) is 0. The second kappa shape index (κ2) is 5.00. The molecule has 1 aliphatic heterocycles. The van der Waals surface area contributed by atoms with Crippen molar-refractivity contribution in [2.24, 2.45) is 4.99 Å². The highest BCUT2D eigenvalue weighted by Gasteiger charge is 2.07. The van der Waals surface area contributed by atoms with Gasteiger partial charge < -0.3 is 5.48 Å². The second-order valence-electron chi connectivity index (χ2n) is 2.87. The molecule has 2 nitrogen and oxygen atoms in total. The highest BCUT2D eigenvalue weighted by Crippen LogP contribution is 2.14. The number of benzene rings is 1. The number of hydrogen-bond donors (Lipinski definition) is 0. The molecule has 0 aromatic heterocycles. The maximum atomic E-state index is 4.39. The fourth-order valence-electron chi connectivity index (χ4n) is 1.52. The Morgan fingerprint density at radius 3 is 2.62 bits per heavy atom. The van der Waals surface area contributed by atoms with Crippen molar-refractivity contribution in [2.45, 2.75) is 13.3 Å². The van der Waals surface area contributed by atoms with Gasteiger partial charge in [0.1, 0.15) is 0 Å². The minimum absolute atomic E-state index is 0. The molecule has 0 saturated carbocycles. The van der Waals surface area contributed by atoms with Crippen LogP contribution in [0.2, 0.25) is 0 Å². The van der Waals surface area contributed by atoms with Gasteiger partial charge in [0.05, 0.1) is 0 Å². The normalized spacial score (nSPS) is 13.2. The Morgan fingerprint density at radius 2 is 1.92 bits per heavy atom. The highest BCUT2D eigenvalue weighted by molar-refractivity contribution is 6.00. The summed E-state index contributed by atoms with van der Waals surface area (Å²) in [5.41, 5.74) is 3.96. The zero-order valence-electron chi connectivity index (χ0n) is 7.58. The lowest BCUT2D eigenvalue weighted by Crippen LogP contribution is -2.08. The molecule has 13 heavy (non-hydrogen) atoms. The minimum Gasteiger partial charge on any atom is -0.412 e. The molecule has 2 N–H and O–H groups in total. The molecule has 0 saturated heterocycles. The van der Waals surface area contributed by atoms with Crippen LogP contribution in [0, 0.1) is 0 Å². The summed E-state index contributed by atoms with van der Waals surface area (Å²) in [6, 6.07) is 8.50. The van der Waals surface area contributed by atoms with E-state index in [9.17, 15) is 0 Å². The molecule has 0 bridgehead atoms. The molecule has 1 aromatic rings. The standard InChI is InChI=1S/C10H11N.ClH.H2O/c1-8-10-5-3-2-4-9(10)6-7-11-8;;/h2-5H,6-7H2,1H3;1H;1H2. The smallest absolute Gasteiger partial charge is 0.0433 e. The quantitative estimate of drug-likeness (QED) is 0.610. The van der Waals surface area contributed by atoms with Gasteiger partial charge in [0.2, 0.25) is 0 Å². The largest absolute Gasteiger partial charge is 0.412 e. The molecule has 0 aliphatic carbocycles. The van der Waals surface area contributed by atoms with Crippen LogP contribution in [0.4, 0.5) is 0 Å². The first-order valence-corrected chi connectivity index (χ1v) is 3.97. The molecular weight excluding hydrogens is 186 g/mol. The molecule has 0 amide bonds. The van der Waals surface area contributed by atoms with Crippen LogP contribution in [0.3, 0.4) is 0 Å². The third kappa shape index (κ3) is 2.29. The van der Waals surface area contributed by atoms with E-state index >= 15 is 0 Å². The number of fused-ring (bicyclic) bond motifs is 1. The molecule has 72 valence electrons. The van der Waals surface area contributed by atoms with Gasteiger partial charge in [-0.25, -0.2) is 0 Å². The number of hydrogen-bond acceptors (Lipinski definition) is 1. The van der Waals surface area contributed by atoms with Crippen LogP contribution in [0.15, 0.2) is 29.3 Å². The van der Waals surface area contributed by atoms with Crippen LogP contribution in [0.5, 0.6) is 0 Å². The Bertz CT molecular complexity index is 310. The molecule has 0 atom stereocenters. The van der Waals surface area contributed by atoms with Crippen LogP contribution in [-0.4, -0.2) is 17.7 Å². The van der Waals surface area contributed by atoms with Crippen LogP contribution in [-0.2, 0) is 6.42 Å². The first kappa shape index (κ1) is 12.1. The first-order chi connectivity index (χ1) is 5.38. The van der Waals surface area contributed by atoms with Crippen molar-refractivity contribution >= 4 is 18.1 Å². The van der Waals surface area contributed by atoms with Crippen molar-refractivity contribution in [3.63, 3.8) is 0 Å². The van der Waals surface area contributed by atoms with Crippen LogP contribution in [0.25, 0.3) is 0 Å². The molecule has 1 heterocycles. The third-order valence-corrected chi connectivity index (χ3v) is 2.14. The van der Waals surface area contributed by atoms with Crippen molar-refractivity contribution in [3.05, 3.63) is 35.4 Å². The van der Waals surface area contributed by atoms with Gasteiger partial charge >= 0.3 is 0 Å². The van der Waals surface area contributed by atoms with Gasteiger partial charge in [-0.15, -0.1) is 12.4 Å². The summed E-state index contributed by atoms with van der Waals surface area (Å²) in [4.78, 5) is 4.39. The van der Waals surface area contributed by atoms with E-state index in [1.807, 2.05) is 0 Å². The van der Waals surface area contributed by atoms with Gasteiger partial charge in [-0.05, 0) is 24.5 Å². The highest BCUT2D eigenvalue weighted by atomic mass is 35.5. The summed E-state index contributed by atoms with van der Waals surface area (Å²) in [5, 5.41) is 0. The van der Waals surface area contributed by atoms with E-state index in [0.29, 0.717) is 0 Å². The number of aliphatic imine (C=N–C) groups is 1. The zero-order valence-corrected chi connectivity index (χ0v) is 8.40. The van der Waals surface area contributed by atoms with Crippen molar-refractivity contribution in [1.29, 1.82) is 0 Å². The summed E-state index contributed by atoms with van der Waals surface area (Å²) in [6.07, 6.45) is 1.10. The molecular formula is C10H14ClNO. The summed E-state index contributed by atoms with van der Waals surface area (Å²) in [7, 11) is 0. The average Bonchev–Trinajstić information content (AvgIpc) is 2.06. The molecule has 0 unspecified atom stereocenters. The maximum Gasteiger partial charge on any atom is 0.0433 e. The lowest BCUT2D eigenvalue weighted by Gasteiger charge is -2.12. The molecule has 0 spiro atoms. The lowest BCUT2D eigenvalue weighted by molar-refractivity contribution is 0.824. The van der Waals surface area contributed by atoms with E-state index in [1.165, 1.54) is 16.8 Å². The van der Waals surface area contributed by atoms with Gasteiger partial charge in [-0.1, -0.05) is 24.3 Å². The van der Waals surface area contributed by atoms with Gasteiger partial charge in [0.15, 0.2) is 0 Å². The van der Waals surface area contributed by atoms with E-state index in [-0.39, 0.29) is 17.9 Å². The number of nitrogens with zero attached hydrogens (tertiary/aromatic N) is 1. The summed E-state index contributed by atoms with van der Waals surface area (Å²) < 4.78 is 0. The SMILES string of the molecule is CC1=NCCc2ccccc21.Cl.O. The fraction of sp³-hybridized carbons (Fsp3) is 0.300. The minimum atomic E-state index is 0. The predicted molar refractivity (Wildman–Crippen MR) is 58.1 cm³/mol. The molecule has 0 fully saturated rings. The van der Waals surface area contributed by atoms with Crippen molar-refractivity contribution < 1.29 is 5.48 Å². The van der Waals surface area contributed by atoms with E-state index in [1.54, 1.807) is 0 Å². The van der Waals surface area contributed by atoms with Crippen molar-refractivity contribution in [3.8, 4) is 0 Å². The monoisotopic (exact) mass is 199 g/mol. The number of halogens is 1. The maximum absolute atomic E-state index is 4.39. The van der Waals surface area contributed by atoms with E-state index in [2.05, 4.69) is 36.2 Å². The molecule has 2 rings (SSSR count). The lowest BCUT2D eigenvalue weighted by atomic mass is 9.99. The van der Waals surface area contributed by atoms with Gasteiger partial charge in [-0.2, -0.15) is 0 Å². The van der Waals surface area contributed by atoms with Gasteiger partial charge in [-0.3, -0.25) is 4.99 Å². The van der Waals surface area contributed by atoms with Crippen LogP contribution >= 0.6 is 12.4 Å². The third-order valence-electron chi connectivity index (χ3n) is 2.14. The predicted octanol–water partition coefficient (Wildman–Crippen LogP) is 1.65. The number of rotatable bonds is 0. The molecule has 1 aliphatic rings. The summed E-state index contributed by atoms with van der Waals surface area (Å²) >= 11 is 0. The zero-order chi connectivity index (χ0) is 7.68. The first-order valence-electron chi connectivity index (χ1n) is 3.97. The Hall–Kier alpha value is -0.860. The fourth-order valence-corrected chi connectivity index (χ4v) is 1.52. The Morgan fingerprint density at radius 1 is 1.23 bits per heavy atom. The van der Waals surface area contributed by atoms with Crippen LogP contribution in [0.1, 0.15) is 18.1 Å². The molecule has 3 heteroatoms. The van der Waals surface area contributed by atoms with Crippen molar-refractivity contribution in [2.75, 3.05) is 6.54 Å². The van der Waals surface area contributed by atoms with Crippen molar-refractivity contribution in [1.82, 2.24) is 0 Å². The average molecular weight is 200 g/mol. The molecule has 1 aromatic carbocycles. The van der Waals surface area contributed by atoms with Gasteiger partial charge in [0, 0.05) is 12.3 Å².